The molecule has 54 heavy (non-hydrogen) atoms. The molecule has 0 N–H and O–H groups in total. The second kappa shape index (κ2) is 11.8. The van der Waals surface area contributed by atoms with Gasteiger partial charge in [-0.25, -0.2) is 4.98 Å². The standard InChI is InChI=1S/C52H35NS/c1-52(2)44-21-8-7-18-41(44)50-42(20-12-22-45(50)52)49-39-17-6-5-16-38(39)48(33-25-27-34(28-26-33)51-53-46-23-9-10-24-47(46)54-51)40-30-29-35(31-43(40)49)37-19-11-14-32-13-3-4-15-36(32)37/h3-31H,1-2H3. The Morgan fingerprint density at radius 3 is 1.85 bits per heavy atom. The molecule has 10 aromatic rings. The van der Waals surface area contributed by atoms with Crippen LogP contribution in [0.4, 0.5) is 0 Å². The first-order valence-electron chi connectivity index (χ1n) is 18.7. The van der Waals surface area contributed by atoms with Gasteiger partial charge in [0.25, 0.3) is 0 Å². The number of nitrogens with zero attached hydrogens (tertiary/aromatic N) is 1. The van der Waals surface area contributed by atoms with Gasteiger partial charge >= 0.3 is 0 Å². The van der Waals surface area contributed by atoms with Gasteiger partial charge in [0.15, 0.2) is 0 Å². The Morgan fingerprint density at radius 2 is 1.00 bits per heavy atom. The number of hydrogen-bond donors (Lipinski definition) is 0. The molecule has 1 aromatic heterocycles. The predicted octanol–water partition coefficient (Wildman–Crippen LogP) is 14.7. The van der Waals surface area contributed by atoms with E-state index in [0.717, 1.165) is 16.1 Å². The first-order chi connectivity index (χ1) is 26.5. The largest absolute Gasteiger partial charge is 0.236 e. The lowest BCUT2D eigenvalue weighted by Gasteiger charge is -2.23. The molecule has 0 spiro atoms. The molecule has 0 radical (unpaired) electrons. The van der Waals surface area contributed by atoms with Crippen molar-refractivity contribution in [3.05, 3.63) is 187 Å². The van der Waals surface area contributed by atoms with E-state index in [0.29, 0.717) is 0 Å². The van der Waals surface area contributed by atoms with E-state index < -0.39 is 0 Å². The highest BCUT2D eigenvalue weighted by molar-refractivity contribution is 7.21. The van der Waals surface area contributed by atoms with Crippen molar-refractivity contribution in [1.29, 1.82) is 0 Å². The van der Waals surface area contributed by atoms with Crippen LogP contribution in [0.25, 0.3) is 97.6 Å². The third-order valence-electron chi connectivity index (χ3n) is 11.7. The molecule has 0 saturated heterocycles. The van der Waals surface area contributed by atoms with E-state index in [1.165, 1.54) is 92.7 Å². The highest BCUT2D eigenvalue weighted by Crippen LogP contribution is 2.55. The zero-order valence-electron chi connectivity index (χ0n) is 30.1. The van der Waals surface area contributed by atoms with E-state index >= 15 is 0 Å². The van der Waals surface area contributed by atoms with Gasteiger partial charge in [-0.2, -0.15) is 0 Å². The molecule has 9 aromatic carbocycles. The first kappa shape index (κ1) is 31.2. The summed E-state index contributed by atoms with van der Waals surface area (Å²) >= 11 is 1.75. The molecule has 0 saturated carbocycles. The van der Waals surface area contributed by atoms with Crippen LogP contribution in [0.15, 0.2) is 176 Å². The van der Waals surface area contributed by atoms with Crippen molar-refractivity contribution >= 4 is 53.9 Å². The summed E-state index contributed by atoms with van der Waals surface area (Å²) in [6.45, 7) is 4.74. The van der Waals surface area contributed by atoms with Crippen LogP contribution in [0.1, 0.15) is 25.0 Å². The molecule has 0 unspecified atom stereocenters. The topological polar surface area (TPSA) is 12.9 Å². The van der Waals surface area contributed by atoms with Crippen molar-refractivity contribution in [1.82, 2.24) is 4.98 Å². The third-order valence-corrected chi connectivity index (χ3v) is 12.8. The van der Waals surface area contributed by atoms with E-state index in [1.54, 1.807) is 11.3 Å². The summed E-state index contributed by atoms with van der Waals surface area (Å²) in [6, 6.07) is 65.0. The average Bonchev–Trinajstić information content (AvgIpc) is 3.76. The number of para-hydroxylation sites is 1. The highest BCUT2D eigenvalue weighted by atomic mass is 32.1. The van der Waals surface area contributed by atoms with Gasteiger partial charge in [0.1, 0.15) is 5.01 Å². The van der Waals surface area contributed by atoms with E-state index in [1.807, 2.05) is 0 Å². The fourth-order valence-electron chi connectivity index (χ4n) is 9.16. The van der Waals surface area contributed by atoms with Gasteiger partial charge in [-0.05, 0) is 106 Å². The van der Waals surface area contributed by atoms with Crippen LogP contribution in [-0.2, 0) is 5.41 Å². The summed E-state index contributed by atoms with van der Waals surface area (Å²) in [4.78, 5) is 4.96. The van der Waals surface area contributed by atoms with Gasteiger partial charge in [0.05, 0.1) is 10.2 Å². The number of rotatable bonds is 4. The fourth-order valence-corrected chi connectivity index (χ4v) is 10.1. The summed E-state index contributed by atoms with van der Waals surface area (Å²) in [5.74, 6) is 0. The molecule has 0 amide bonds. The summed E-state index contributed by atoms with van der Waals surface area (Å²) < 4.78 is 1.21. The molecule has 1 nitrogen and oxygen atoms in total. The van der Waals surface area contributed by atoms with E-state index in [9.17, 15) is 0 Å². The first-order valence-corrected chi connectivity index (χ1v) is 19.5. The molecule has 254 valence electrons. The normalized spacial score (nSPS) is 13.1. The Hall–Kier alpha value is -6.35. The average molecular weight is 706 g/mol. The maximum Gasteiger partial charge on any atom is 0.124 e. The molecule has 2 heteroatoms. The van der Waals surface area contributed by atoms with Crippen molar-refractivity contribution in [2.24, 2.45) is 0 Å². The molecule has 0 fully saturated rings. The van der Waals surface area contributed by atoms with Crippen LogP contribution in [0, 0.1) is 0 Å². The maximum atomic E-state index is 4.96. The second-order valence-corrected chi connectivity index (χ2v) is 16.1. The van der Waals surface area contributed by atoms with Gasteiger partial charge in [0.2, 0.25) is 0 Å². The van der Waals surface area contributed by atoms with Gasteiger partial charge in [0, 0.05) is 11.0 Å². The third kappa shape index (κ3) is 4.60. The Bertz CT molecular complexity index is 3090. The zero-order valence-corrected chi connectivity index (χ0v) is 30.9. The molecule has 1 heterocycles. The maximum absolute atomic E-state index is 4.96. The molecular formula is C52H35NS. The quantitative estimate of drug-likeness (QED) is 0.166. The SMILES string of the molecule is CC1(C)c2ccccc2-c2c(-c3c4ccccc4c(-c4ccc(-c5nc6ccccc6s5)cc4)c4ccc(-c5cccc6ccccc56)cc34)cccc21. The molecular weight excluding hydrogens is 671 g/mol. The number of aromatic nitrogens is 1. The lowest BCUT2D eigenvalue weighted by Crippen LogP contribution is -2.14. The molecule has 0 bridgehead atoms. The van der Waals surface area contributed by atoms with Crippen LogP contribution in [0.5, 0.6) is 0 Å². The number of fused-ring (bicyclic) bond motifs is 7. The van der Waals surface area contributed by atoms with Gasteiger partial charge < -0.3 is 0 Å². The van der Waals surface area contributed by atoms with Crippen molar-refractivity contribution < 1.29 is 0 Å². The minimum atomic E-state index is -0.0907. The fraction of sp³-hybridized carbons (Fsp3) is 0.0577. The molecule has 1 aliphatic carbocycles. The van der Waals surface area contributed by atoms with Crippen molar-refractivity contribution in [3.8, 4) is 55.1 Å². The summed E-state index contributed by atoms with van der Waals surface area (Å²) in [6.07, 6.45) is 0. The van der Waals surface area contributed by atoms with Crippen molar-refractivity contribution in [2.45, 2.75) is 19.3 Å². The Labute approximate surface area is 318 Å². The van der Waals surface area contributed by atoms with Gasteiger partial charge in [-0.3, -0.25) is 0 Å². The van der Waals surface area contributed by atoms with Crippen molar-refractivity contribution in [3.63, 3.8) is 0 Å². The minimum absolute atomic E-state index is 0.0907. The molecule has 0 atom stereocenters. The smallest absolute Gasteiger partial charge is 0.124 e. The van der Waals surface area contributed by atoms with Gasteiger partial charge in [-0.1, -0.05) is 172 Å². The number of benzene rings is 9. The summed E-state index contributed by atoms with van der Waals surface area (Å²) in [5.41, 5.74) is 15.1. The van der Waals surface area contributed by atoms with Crippen LogP contribution < -0.4 is 0 Å². The summed E-state index contributed by atoms with van der Waals surface area (Å²) in [7, 11) is 0. The van der Waals surface area contributed by atoms with E-state index in [4.69, 9.17) is 4.98 Å². The van der Waals surface area contributed by atoms with Crippen LogP contribution in [-0.4, -0.2) is 4.98 Å². The highest BCUT2D eigenvalue weighted by Gasteiger charge is 2.37. The Morgan fingerprint density at radius 1 is 0.407 bits per heavy atom. The number of hydrogen-bond acceptors (Lipinski definition) is 2. The Kier molecular flexibility index (Phi) is 6.84. The lowest BCUT2D eigenvalue weighted by molar-refractivity contribution is 0.660. The number of thiazole rings is 1. The monoisotopic (exact) mass is 705 g/mol. The predicted molar refractivity (Wildman–Crippen MR) is 231 cm³/mol. The van der Waals surface area contributed by atoms with Crippen LogP contribution >= 0.6 is 11.3 Å². The minimum Gasteiger partial charge on any atom is -0.236 e. The van der Waals surface area contributed by atoms with Crippen molar-refractivity contribution in [2.75, 3.05) is 0 Å². The zero-order chi connectivity index (χ0) is 36.0. The molecule has 1 aliphatic rings. The van der Waals surface area contributed by atoms with Gasteiger partial charge in [-0.15, -0.1) is 11.3 Å². The van der Waals surface area contributed by atoms with Crippen LogP contribution in [0.3, 0.4) is 0 Å². The molecule has 11 rings (SSSR count). The second-order valence-electron chi connectivity index (χ2n) is 15.0. The summed E-state index contributed by atoms with van der Waals surface area (Å²) in [5, 5.41) is 8.61. The Balaban J connectivity index is 1.21. The van der Waals surface area contributed by atoms with E-state index in [2.05, 4.69) is 190 Å². The lowest BCUT2D eigenvalue weighted by atomic mass is 9.80. The van der Waals surface area contributed by atoms with E-state index in [-0.39, 0.29) is 5.41 Å². The van der Waals surface area contributed by atoms with Crippen LogP contribution in [0.2, 0.25) is 0 Å². The molecule has 0 aliphatic heterocycles.